The largest absolute Gasteiger partial charge is 0.416 e. The number of hydrogen-bond donors (Lipinski definition) is 1. The van der Waals surface area contributed by atoms with E-state index >= 15 is 0 Å². The minimum Gasteiger partial charge on any atom is -0.289 e. The van der Waals surface area contributed by atoms with Crippen LogP contribution in [0.3, 0.4) is 0 Å². The second kappa shape index (κ2) is 7.17. The first kappa shape index (κ1) is 17.9. The molecule has 1 heterocycles. The lowest BCUT2D eigenvalue weighted by atomic mass is 10.1. The van der Waals surface area contributed by atoms with Crippen molar-refractivity contribution in [3.05, 3.63) is 76.6 Å². The molecule has 134 valence electrons. The maximum Gasteiger partial charge on any atom is 0.416 e. The van der Waals surface area contributed by atoms with E-state index in [4.69, 9.17) is 11.6 Å². The molecular formula is C17H12ClF3N4O. The van der Waals surface area contributed by atoms with E-state index in [0.29, 0.717) is 16.1 Å². The van der Waals surface area contributed by atoms with E-state index in [0.717, 1.165) is 12.1 Å². The predicted octanol–water partition coefficient (Wildman–Crippen LogP) is 4.25. The number of anilines is 1. The zero-order chi connectivity index (χ0) is 18.7. The van der Waals surface area contributed by atoms with Crippen molar-refractivity contribution in [2.24, 2.45) is 0 Å². The summed E-state index contributed by atoms with van der Waals surface area (Å²) in [7, 11) is 0. The number of carbonyl (C=O) groups is 1. The van der Waals surface area contributed by atoms with Crippen molar-refractivity contribution in [1.82, 2.24) is 14.8 Å². The maximum absolute atomic E-state index is 12.7. The Morgan fingerprint density at radius 2 is 1.88 bits per heavy atom. The van der Waals surface area contributed by atoms with Crippen LogP contribution in [0.2, 0.25) is 5.02 Å². The van der Waals surface area contributed by atoms with Gasteiger partial charge in [0.05, 0.1) is 12.1 Å². The van der Waals surface area contributed by atoms with Crippen LogP contribution in [0.1, 0.15) is 21.5 Å². The number of alkyl halides is 3. The molecule has 26 heavy (non-hydrogen) atoms. The number of halogens is 4. The van der Waals surface area contributed by atoms with Gasteiger partial charge < -0.3 is 0 Å². The number of aromatic nitrogens is 3. The van der Waals surface area contributed by atoms with Crippen molar-refractivity contribution in [2.75, 3.05) is 5.32 Å². The second-order valence-corrected chi connectivity index (χ2v) is 5.86. The number of nitrogens with one attached hydrogen (secondary N) is 1. The summed E-state index contributed by atoms with van der Waals surface area (Å²) in [5, 5.41) is 7.07. The van der Waals surface area contributed by atoms with Crippen molar-refractivity contribution in [2.45, 2.75) is 12.7 Å². The van der Waals surface area contributed by atoms with E-state index < -0.39 is 17.6 Å². The van der Waals surface area contributed by atoms with Crippen molar-refractivity contribution >= 4 is 23.5 Å². The monoisotopic (exact) mass is 380 g/mol. The molecule has 1 aromatic heterocycles. The molecular weight excluding hydrogens is 369 g/mol. The van der Waals surface area contributed by atoms with E-state index in [9.17, 15) is 18.0 Å². The fourth-order valence-electron chi connectivity index (χ4n) is 2.24. The van der Waals surface area contributed by atoms with Crippen molar-refractivity contribution in [1.29, 1.82) is 0 Å². The highest BCUT2D eigenvalue weighted by Gasteiger charge is 2.30. The van der Waals surface area contributed by atoms with Crippen molar-refractivity contribution in [3.63, 3.8) is 0 Å². The number of amides is 1. The van der Waals surface area contributed by atoms with E-state index in [1.54, 1.807) is 30.3 Å². The average molecular weight is 381 g/mol. The molecule has 0 aliphatic rings. The van der Waals surface area contributed by atoms with Gasteiger partial charge in [-0.2, -0.15) is 13.2 Å². The summed E-state index contributed by atoms with van der Waals surface area (Å²) in [5.74, 6) is -0.365. The fourth-order valence-corrected chi connectivity index (χ4v) is 2.36. The lowest BCUT2D eigenvalue weighted by Crippen LogP contribution is -2.13. The Morgan fingerprint density at radius 3 is 2.58 bits per heavy atom. The fraction of sp³-hybridized carbons (Fsp3) is 0.118. The molecule has 0 aliphatic heterocycles. The zero-order valence-electron chi connectivity index (χ0n) is 13.2. The first-order valence-electron chi connectivity index (χ1n) is 7.44. The third-order valence-electron chi connectivity index (χ3n) is 3.47. The predicted molar refractivity (Wildman–Crippen MR) is 90.0 cm³/mol. The highest BCUT2D eigenvalue weighted by Crippen LogP contribution is 2.29. The quantitative estimate of drug-likeness (QED) is 0.736. The summed E-state index contributed by atoms with van der Waals surface area (Å²) < 4.78 is 39.6. The van der Waals surface area contributed by atoms with Crippen LogP contribution < -0.4 is 5.32 Å². The normalized spacial score (nSPS) is 11.4. The molecule has 0 spiro atoms. The van der Waals surface area contributed by atoms with Gasteiger partial charge in [0.25, 0.3) is 5.91 Å². The van der Waals surface area contributed by atoms with Gasteiger partial charge >= 0.3 is 6.18 Å². The Hall–Kier alpha value is -2.87. The van der Waals surface area contributed by atoms with Crippen LogP contribution in [0.25, 0.3) is 0 Å². The average Bonchev–Trinajstić information content (AvgIpc) is 3.02. The van der Waals surface area contributed by atoms with E-state index in [1.165, 1.54) is 17.1 Å². The summed E-state index contributed by atoms with van der Waals surface area (Å²) in [5.41, 5.74) is 0.0651. The second-order valence-electron chi connectivity index (χ2n) is 5.42. The molecule has 2 aromatic carbocycles. The number of hydrogen-bond acceptors (Lipinski definition) is 3. The smallest absolute Gasteiger partial charge is 0.289 e. The number of nitrogens with zero attached hydrogens (tertiary/aromatic N) is 3. The van der Waals surface area contributed by atoms with Gasteiger partial charge in [0.1, 0.15) is 6.33 Å². The Labute approximate surface area is 151 Å². The SMILES string of the molecule is O=C(Nc1ncn(Cc2cccc(C(F)(F)F)c2)n1)c1ccc(Cl)cc1. The standard InChI is InChI=1S/C17H12ClF3N4O/c18-14-6-4-12(5-7-14)15(26)23-16-22-10-25(24-16)9-11-2-1-3-13(8-11)17(19,20)21/h1-8,10H,9H2,(H,23,24,26). The molecule has 3 rings (SSSR count). The van der Waals surface area contributed by atoms with Crippen molar-refractivity contribution in [3.8, 4) is 0 Å². The first-order chi connectivity index (χ1) is 12.3. The van der Waals surface area contributed by atoms with Crippen LogP contribution in [-0.2, 0) is 12.7 Å². The molecule has 1 N–H and O–H groups in total. The van der Waals surface area contributed by atoms with Crippen LogP contribution in [0.15, 0.2) is 54.9 Å². The summed E-state index contributed by atoms with van der Waals surface area (Å²) in [6.45, 7) is 0.0910. The van der Waals surface area contributed by atoms with E-state index in [1.807, 2.05) is 0 Å². The van der Waals surface area contributed by atoms with E-state index in [-0.39, 0.29) is 12.5 Å². The van der Waals surface area contributed by atoms with Gasteiger partial charge in [-0.1, -0.05) is 23.7 Å². The zero-order valence-corrected chi connectivity index (χ0v) is 13.9. The van der Waals surface area contributed by atoms with Crippen LogP contribution in [0.5, 0.6) is 0 Å². The molecule has 9 heteroatoms. The third kappa shape index (κ3) is 4.40. The van der Waals surface area contributed by atoms with Gasteiger partial charge in [-0.3, -0.25) is 10.1 Å². The van der Waals surface area contributed by atoms with Gasteiger partial charge in [0, 0.05) is 10.6 Å². The van der Waals surface area contributed by atoms with Gasteiger partial charge in [0.2, 0.25) is 5.95 Å². The molecule has 0 bridgehead atoms. The Kier molecular flexibility index (Phi) is 4.94. The lowest BCUT2D eigenvalue weighted by molar-refractivity contribution is -0.137. The molecule has 0 atom stereocenters. The van der Waals surface area contributed by atoms with Gasteiger partial charge in [-0.25, -0.2) is 9.67 Å². The van der Waals surface area contributed by atoms with Gasteiger partial charge in [-0.15, -0.1) is 5.10 Å². The number of benzene rings is 2. The van der Waals surface area contributed by atoms with E-state index in [2.05, 4.69) is 15.4 Å². The van der Waals surface area contributed by atoms with Crippen LogP contribution >= 0.6 is 11.6 Å². The minimum atomic E-state index is -4.41. The molecule has 3 aromatic rings. The molecule has 1 amide bonds. The third-order valence-corrected chi connectivity index (χ3v) is 3.72. The molecule has 0 saturated heterocycles. The van der Waals surface area contributed by atoms with Crippen LogP contribution in [0.4, 0.5) is 19.1 Å². The summed E-state index contributed by atoms with van der Waals surface area (Å²) in [6, 6.07) is 11.2. The minimum absolute atomic E-state index is 0.0527. The first-order valence-corrected chi connectivity index (χ1v) is 7.81. The van der Waals surface area contributed by atoms with Crippen LogP contribution in [-0.4, -0.2) is 20.7 Å². The molecule has 5 nitrogen and oxygen atoms in total. The summed E-state index contributed by atoms with van der Waals surface area (Å²) in [4.78, 5) is 16.0. The highest BCUT2D eigenvalue weighted by molar-refractivity contribution is 6.30. The van der Waals surface area contributed by atoms with Crippen molar-refractivity contribution < 1.29 is 18.0 Å². The summed E-state index contributed by atoms with van der Waals surface area (Å²) in [6.07, 6.45) is -3.08. The Morgan fingerprint density at radius 1 is 1.15 bits per heavy atom. The topological polar surface area (TPSA) is 59.8 Å². The summed E-state index contributed by atoms with van der Waals surface area (Å²) >= 11 is 5.77. The maximum atomic E-state index is 12.7. The lowest BCUT2D eigenvalue weighted by Gasteiger charge is -2.08. The number of carbonyl (C=O) groups excluding carboxylic acids is 1. The molecule has 0 saturated carbocycles. The molecule has 0 radical (unpaired) electrons. The molecule has 0 aliphatic carbocycles. The Balaban J connectivity index is 1.68. The molecule has 0 fully saturated rings. The Bertz CT molecular complexity index is 922. The van der Waals surface area contributed by atoms with Gasteiger partial charge in [-0.05, 0) is 42.0 Å². The van der Waals surface area contributed by atoms with Crippen LogP contribution in [0, 0.1) is 0 Å². The van der Waals surface area contributed by atoms with Gasteiger partial charge in [0.15, 0.2) is 0 Å². The highest BCUT2D eigenvalue weighted by atomic mass is 35.5. The number of rotatable bonds is 4. The molecule has 0 unspecified atom stereocenters.